The fraction of sp³-hybridized carbons (Fsp3) is 0.938. The van der Waals surface area contributed by atoms with Gasteiger partial charge in [0.1, 0.15) is 0 Å². The molecule has 0 aromatic rings. The fourth-order valence-corrected chi connectivity index (χ4v) is 3.31. The van der Waals surface area contributed by atoms with E-state index in [1.807, 2.05) is 0 Å². The summed E-state index contributed by atoms with van der Waals surface area (Å²) in [6.07, 6.45) is 5.58. The van der Waals surface area contributed by atoms with Gasteiger partial charge in [0.25, 0.3) is 0 Å². The van der Waals surface area contributed by atoms with Gasteiger partial charge in [-0.05, 0) is 64.5 Å². The predicted octanol–water partition coefficient (Wildman–Crippen LogP) is 2.76. The zero-order chi connectivity index (χ0) is 13.8. The lowest BCUT2D eigenvalue weighted by Gasteiger charge is -2.36. The molecular weight excluding hydrogens is 236 g/mol. The van der Waals surface area contributed by atoms with Crippen LogP contribution in [0.3, 0.4) is 0 Å². The number of hydrogen-bond acceptors (Lipinski definition) is 2. The van der Waals surface area contributed by atoms with Crippen molar-refractivity contribution in [2.75, 3.05) is 26.2 Å². The van der Waals surface area contributed by atoms with Crippen LogP contribution < -0.4 is 0 Å². The molecule has 3 heteroatoms. The number of carbonyl (C=O) groups excluding carboxylic acids is 1. The largest absolute Gasteiger partial charge is 0.343 e. The minimum atomic E-state index is 0.412. The Labute approximate surface area is 118 Å². The van der Waals surface area contributed by atoms with Crippen molar-refractivity contribution in [2.24, 2.45) is 11.8 Å². The number of piperidine rings is 2. The summed E-state index contributed by atoms with van der Waals surface area (Å²) < 4.78 is 0. The summed E-state index contributed by atoms with van der Waals surface area (Å²) in [6, 6.07) is 0.653. The van der Waals surface area contributed by atoms with E-state index in [0.29, 0.717) is 17.9 Å². The summed E-state index contributed by atoms with van der Waals surface area (Å²) in [6.45, 7) is 11.2. The molecular formula is C16H30N2O. The molecule has 0 N–H and O–H groups in total. The number of carbonyl (C=O) groups is 1. The molecule has 2 aliphatic heterocycles. The second kappa shape index (κ2) is 6.74. The Morgan fingerprint density at radius 3 is 2.16 bits per heavy atom. The smallest absolute Gasteiger partial charge is 0.222 e. The molecule has 1 amide bonds. The summed E-state index contributed by atoms with van der Waals surface area (Å²) >= 11 is 0. The molecule has 0 radical (unpaired) electrons. The van der Waals surface area contributed by atoms with Gasteiger partial charge in [0, 0.05) is 25.6 Å². The van der Waals surface area contributed by atoms with E-state index in [-0.39, 0.29) is 0 Å². The first-order valence-electron chi connectivity index (χ1n) is 8.08. The summed E-state index contributed by atoms with van der Waals surface area (Å²) in [4.78, 5) is 16.9. The highest BCUT2D eigenvalue weighted by atomic mass is 16.2. The topological polar surface area (TPSA) is 23.6 Å². The first kappa shape index (κ1) is 14.8. The lowest BCUT2D eigenvalue weighted by Crippen LogP contribution is -2.42. The molecule has 0 aromatic carbocycles. The monoisotopic (exact) mass is 266 g/mol. The van der Waals surface area contributed by atoms with E-state index < -0.39 is 0 Å². The van der Waals surface area contributed by atoms with Crippen molar-refractivity contribution in [2.45, 2.75) is 58.9 Å². The van der Waals surface area contributed by atoms with Crippen molar-refractivity contribution in [1.29, 1.82) is 0 Å². The second-order valence-electron chi connectivity index (χ2n) is 6.84. The summed E-state index contributed by atoms with van der Waals surface area (Å²) in [5, 5.41) is 0. The minimum Gasteiger partial charge on any atom is -0.343 e. The van der Waals surface area contributed by atoms with Crippen LogP contribution >= 0.6 is 0 Å². The van der Waals surface area contributed by atoms with Crippen molar-refractivity contribution in [3.05, 3.63) is 0 Å². The molecule has 0 bridgehead atoms. The molecule has 2 aliphatic rings. The third-order valence-electron chi connectivity index (χ3n) is 4.98. The molecule has 2 fully saturated rings. The van der Waals surface area contributed by atoms with Crippen LogP contribution in [-0.4, -0.2) is 47.9 Å². The Morgan fingerprint density at radius 1 is 1.05 bits per heavy atom. The van der Waals surface area contributed by atoms with Crippen LogP contribution in [0.2, 0.25) is 0 Å². The SMILES string of the molecule is CC1CCN(C(=O)CC2CCN(C(C)C)CC2)CC1. The predicted molar refractivity (Wildman–Crippen MR) is 79.0 cm³/mol. The number of amides is 1. The molecule has 0 saturated carbocycles. The lowest BCUT2D eigenvalue weighted by molar-refractivity contribution is -0.133. The third kappa shape index (κ3) is 4.20. The molecule has 0 atom stereocenters. The van der Waals surface area contributed by atoms with Gasteiger partial charge in [-0.1, -0.05) is 6.92 Å². The number of hydrogen-bond donors (Lipinski definition) is 0. The minimum absolute atomic E-state index is 0.412. The average molecular weight is 266 g/mol. The third-order valence-corrected chi connectivity index (χ3v) is 4.98. The molecule has 2 heterocycles. The maximum Gasteiger partial charge on any atom is 0.222 e. The number of likely N-dealkylation sites (tertiary alicyclic amines) is 2. The van der Waals surface area contributed by atoms with E-state index in [9.17, 15) is 4.79 Å². The molecule has 2 rings (SSSR count). The fourth-order valence-electron chi connectivity index (χ4n) is 3.31. The first-order chi connectivity index (χ1) is 9.06. The molecule has 0 spiro atoms. The van der Waals surface area contributed by atoms with E-state index in [1.165, 1.54) is 38.8 Å². The van der Waals surface area contributed by atoms with Gasteiger partial charge in [0.2, 0.25) is 5.91 Å². The van der Waals surface area contributed by atoms with Crippen molar-refractivity contribution < 1.29 is 4.79 Å². The highest BCUT2D eigenvalue weighted by molar-refractivity contribution is 5.76. The molecule has 0 aliphatic carbocycles. The maximum atomic E-state index is 12.3. The van der Waals surface area contributed by atoms with Crippen molar-refractivity contribution in [3.8, 4) is 0 Å². The van der Waals surface area contributed by atoms with E-state index in [4.69, 9.17) is 0 Å². The number of rotatable bonds is 3. The van der Waals surface area contributed by atoms with Gasteiger partial charge >= 0.3 is 0 Å². The summed E-state index contributed by atoms with van der Waals surface area (Å²) in [5.41, 5.74) is 0. The van der Waals surface area contributed by atoms with Crippen LogP contribution in [0.1, 0.15) is 52.9 Å². The van der Waals surface area contributed by atoms with Crippen LogP contribution in [0.15, 0.2) is 0 Å². The molecule has 110 valence electrons. The maximum absolute atomic E-state index is 12.3. The molecule has 2 saturated heterocycles. The highest BCUT2D eigenvalue weighted by Gasteiger charge is 2.26. The Kier molecular flexibility index (Phi) is 5.26. The van der Waals surface area contributed by atoms with Gasteiger partial charge < -0.3 is 9.80 Å². The van der Waals surface area contributed by atoms with E-state index >= 15 is 0 Å². The normalized spacial score (nSPS) is 24.1. The second-order valence-corrected chi connectivity index (χ2v) is 6.84. The Hall–Kier alpha value is -0.570. The van der Waals surface area contributed by atoms with Gasteiger partial charge in [-0.2, -0.15) is 0 Å². The van der Waals surface area contributed by atoms with Gasteiger partial charge in [-0.3, -0.25) is 4.79 Å². The molecule has 0 aromatic heterocycles. The van der Waals surface area contributed by atoms with Crippen LogP contribution in [0.5, 0.6) is 0 Å². The summed E-state index contributed by atoms with van der Waals surface area (Å²) in [7, 11) is 0. The first-order valence-corrected chi connectivity index (χ1v) is 8.08. The van der Waals surface area contributed by atoms with Gasteiger partial charge in [-0.25, -0.2) is 0 Å². The molecule has 19 heavy (non-hydrogen) atoms. The molecule has 3 nitrogen and oxygen atoms in total. The van der Waals surface area contributed by atoms with Crippen LogP contribution in [0, 0.1) is 11.8 Å². The zero-order valence-electron chi connectivity index (χ0n) is 12.9. The Morgan fingerprint density at radius 2 is 1.63 bits per heavy atom. The number of nitrogens with zero attached hydrogens (tertiary/aromatic N) is 2. The Bertz CT molecular complexity index is 287. The van der Waals surface area contributed by atoms with Gasteiger partial charge in [0.15, 0.2) is 0 Å². The summed E-state index contributed by atoms with van der Waals surface area (Å²) in [5.74, 6) is 1.84. The standard InChI is InChI=1S/C16H30N2O/c1-13(2)17-10-6-15(7-11-17)12-16(19)18-8-4-14(3)5-9-18/h13-15H,4-12H2,1-3H3. The average Bonchev–Trinajstić information content (AvgIpc) is 2.40. The zero-order valence-corrected chi connectivity index (χ0v) is 12.9. The van der Waals surface area contributed by atoms with Crippen LogP contribution in [-0.2, 0) is 4.79 Å². The van der Waals surface area contributed by atoms with E-state index in [0.717, 1.165) is 25.4 Å². The quantitative estimate of drug-likeness (QED) is 0.784. The van der Waals surface area contributed by atoms with Crippen molar-refractivity contribution in [1.82, 2.24) is 9.80 Å². The van der Waals surface area contributed by atoms with Gasteiger partial charge in [-0.15, -0.1) is 0 Å². The van der Waals surface area contributed by atoms with Crippen molar-refractivity contribution in [3.63, 3.8) is 0 Å². The van der Waals surface area contributed by atoms with E-state index in [2.05, 4.69) is 30.6 Å². The van der Waals surface area contributed by atoms with Gasteiger partial charge in [0.05, 0.1) is 0 Å². The van der Waals surface area contributed by atoms with E-state index in [1.54, 1.807) is 0 Å². The van der Waals surface area contributed by atoms with Crippen LogP contribution in [0.4, 0.5) is 0 Å². The lowest BCUT2D eigenvalue weighted by atomic mass is 9.91. The Balaban J connectivity index is 1.72. The highest BCUT2D eigenvalue weighted by Crippen LogP contribution is 2.24. The molecule has 0 unspecified atom stereocenters. The van der Waals surface area contributed by atoms with Crippen molar-refractivity contribution >= 4 is 5.91 Å². The van der Waals surface area contributed by atoms with Crippen LogP contribution in [0.25, 0.3) is 0 Å².